The Morgan fingerprint density at radius 1 is 0.750 bits per heavy atom. The summed E-state index contributed by atoms with van der Waals surface area (Å²) >= 11 is 0. The van der Waals surface area contributed by atoms with Crippen molar-refractivity contribution in [2.24, 2.45) is 4.99 Å². The smallest absolute Gasteiger partial charge is 0.131 e. The molecule has 0 spiro atoms. The molecule has 0 aromatic heterocycles. The second-order valence-corrected chi connectivity index (χ2v) is 6.91. The average molecular weight is 367 g/mol. The Kier molecular flexibility index (Phi) is 5.83. The van der Waals surface area contributed by atoms with Crippen LogP contribution in [0.15, 0.2) is 102 Å². The quantitative estimate of drug-likeness (QED) is 0.445. The van der Waals surface area contributed by atoms with Crippen molar-refractivity contribution < 1.29 is 0 Å². The molecule has 1 N–H and O–H groups in total. The van der Waals surface area contributed by atoms with Crippen LogP contribution >= 0.6 is 0 Å². The van der Waals surface area contributed by atoms with Crippen LogP contribution in [0, 0.1) is 0 Å². The maximum atomic E-state index is 4.97. The molecule has 3 aromatic carbocycles. The molecule has 3 aromatic rings. The maximum Gasteiger partial charge on any atom is 0.131 e. The molecule has 28 heavy (non-hydrogen) atoms. The number of hydrogen-bond donors (Lipinski definition) is 1. The van der Waals surface area contributed by atoms with Crippen molar-refractivity contribution >= 4 is 22.9 Å². The summed E-state index contributed by atoms with van der Waals surface area (Å²) in [6.07, 6.45) is 4.61. The van der Waals surface area contributed by atoms with Crippen LogP contribution < -0.4 is 5.32 Å². The van der Waals surface area contributed by atoms with E-state index in [1.54, 1.807) is 0 Å². The van der Waals surface area contributed by atoms with Gasteiger partial charge in [-0.05, 0) is 42.7 Å². The molecule has 1 fully saturated rings. The molecule has 3 heteroatoms. The van der Waals surface area contributed by atoms with Crippen molar-refractivity contribution in [2.45, 2.75) is 12.8 Å². The highest BCUT2D eigenvalue weighted by Gasteiger charge is 2.16. The molecule has 0 radical (unpaired) electrons. The first kappa shape index (κ1) is 18.1. The van der Waals surface area contributed by atoms with Crippen molar-refractivity contribution in [3.63, 3.8) is 0 Å². The number of hydrogen-bond acceptors (Lipinski definition) is 2. The first-order chi connectivity index (χ1) is 13.9. The summed E-state index contributed by atoms with van der Waals surface area (Å²) in [5.74, 6) is 1.01. The van der Waals surface area contributed by atoms with E-state index in [4.69, 9.17) is 4.99 Å². The molecule has 0 amide bonds. The highest BCUT2D eigenvalue weighted by molar-refractivity contribution is 6.02. The van der Waals surface area contributed by atoms with Crippen LogP contribution in [0.4, 0.5) is 11.4 Å². The zero-order valence-electron chi connectivity index (χ0n) is 16.0. The van der Waals surface area contributed by atoms with Crippen LogP contribution in [0.2, 0.25) is 0 Å². The highest BCUT2D eigenvalue weighted by atomic mass is 15.2. The Balaban J connectivity index is 1.75. The molecule has 0 bridgehead atoms. The van der Waals surface area contributed by atoms with Crippen molar-refractivity contribution in [2.75, 3.05) is 18.4 Å². The molecule has 0 unspecified atom stereocenters. The van der Waals surface area contributed by atoms with Gasteiger partial charge in [-0.2, -0.15) is 0 Å². The van der Waals surface area contributed by atoms with Gasteiger partial charge in [0, 0.05) is 30.5 Å². The van der Waals surface area contributed by atoms with Gasteiger partial charge in [0.15, 0.2) is 0 Å². The number of nitrogens with zero attached hydrogens (tertiary/aromatic N) is 2. The first-order valence-electron chi connectivity index (χ1n) is 9.86. The summed E-state index contributed by atoms with van der Waals surface area (Å²) in [5, 5.41) is 3.59. The number of likely N-dealkylation sites (tertiary alicyclic amines) is 1. The monoisotopic (exact) mass is 367 g/mol. The minimum Gasteiger partial charge on any atom is -0.357 e. The van der Waals surface area contributed by atoms with Crippen LogP contribution in [0.25, 0.3) is 5.70 Å². The number of nitrogens with one attached hydrogen (secondary N) is 1. The number of rotatable bonds is 5. The molecule has 0 atom stereocenters. The van der Waals surface area contributed by atoms with Gasteiger partial charge in [0.1, 0.15) is 5.84 Å². The summed E-state index contributed by atoms with van der Waals surface area (Å²) in [6, 6.07) is 30.9. The van der Waals surface area contributed by atoms with Gasteiger partial charge in [-0.1, -0.05) is 66.7 Å². The van der Waals surface area contributed by atoms with Gasteiger partial charge in [-0.15, -0.1) is 0 Å². The SMILES string of the molecule is C(/C(=Nc1ccccc1)N1CCCC1)=C(/Nc1ccccc1)c1ccccc1. The van der Waals surface area contributed by atoms with E-state index in [-0.39, 0.29) is 0 Å². The second kappa shape index (κ2) is 9.05. The van der Waals surface area contributed by atoms with Crippen molar-refractivity contribution in [3.05, 3.63) is 103 Å². The molecule has 140 valence electrons. The van der Waals surface area contributed by atoms with Gasteiger partial charge >= 0.3 is 0 Å². The van der Waals surface area contributed by atoms with E-state index >= 15 is 0 Å². The first-order valence-corrected chi connectivity index (χ1v) is 9.86. The Morgan fingerprint density at radius 2 is 1.32 bits per heavy atom. The molecule has 1 aliphatic rings. The number of benzene rings is 3. The predicted molar refractivity (Wildman–Crippen MR) is 119 cm³/mol. The van der Waals surface area contributed by atoms with Gasteiger partial charge in [-0.3, -0.25) is 0 Å². The second-order valence-electron chi connectivity index (χ2n) is 6.91. The molecule has 1 saturated heterocycles. The molecule has 3 nitrogen and oxygen atoms in total. The molecule has 4 rings (SSSR count). The highest BCUT2D eigenvalue weighted by Crippen LogP contribution is 2.22. The molecular weight excluding hydrogens is 342 g/mol. The van der Waals surface area contributed by atoms with Gasteiger partial charge in [0.05, 0.1) is 5.69 Å². The van der Waals surface area contributed by atoms with E-state index in [0.29, 0.717) is 0 Å². The van der Waals surface area contributed by atoms with Crippen molar-refractivity contribution in [1.82, 2.24) is 4.90 Å². The molecule has 1 heterocycles. The van der Waals surface area contributed by atoms with Crippen molar-refractivity contribution in [3.8, 4) is 0 Å². The molecule has 0 aliphatic carbocycles. The number of amidine groups is 1. The lowest BCUT2D eigenvalue weighted by molar-refractivity contribution is 0.523. The molecular formula is C25H25N3. The standard InChI is InChI=1S/C25H25N3/c1-4-12-21(13-5-1)24(26-22-14-6-2-7-15-22)20-25(28-18-10-11-19-28)27-23-16-8-3-9-17-23/h1-9,12-17,20,26H,10-11,18-19H2/b24-20-,27-25?. The number of anilines is 1. The summed E-state index contributed by atoms with van der Waals surface area (Å²) in [5.41, 5.74) is 4.24. The third-order valence-electron chi connectivity index (χ3n) is 4.84. The lowest BCUT2D eigenvalue weighted by Gasteiger charge is -2.20. The summed E-state index contributed by atoms with van der Waals surface area (Å²) < 4.78 is 0. The Hall–Kier alpha value is -3.33. The number of para-hydroxylation sites is 2. The van der Waals surface area contributed by atoms with Crippen molar-refractivity contribution in [1.29, 1.82) is 0 Å². The van der Waals surface area contributed by atoms with Crippen LogP contribution in [0.3, 0.4) is 0 Å². The van der Waals surface area contributed by atoms with Crippen LogP contribution in [0.5, 0.6) is 0 Å². The van der Waals surface area contributed by atoms with Crippen LogP contribution in [-0.4, -0.2) is 23.8 Å². The van der Waals surface area contributed by atoms with E-state index in [2.05, 4.69) is 64.8 Å². The zero-order valence-corrected chi connectivity index (χ0v) is 16.0. The summed E-state index contributed by atoms with van der Waals surface area (Å²) in [4.78, 5) is 7.35. The zero-order chi connectivity index (χ0) is 19.0. The summed E-state index contributed by atoms with van der Waals surface area (Å²) in [7, 11) is 0. The number of aliphatic imine (C=N–C) groups is 1. The van der Waals surface area contributed by atoms with E-state index in [0.717, 1.165) is 41.6 Å². The Morgan fingerprint density at radius 3 is 1.96 bits per heavy atom. The minimum absolute atomic E-state index is 0.979. The minimum atomic E-state index is 0.979. The van der Waals surface area contributed by atoms with E-state index in [9.17, 15) is 0 Å². The van der Waals surface area contributed by atoms with Gasteiger partial charge in [0.25, 0.3) is 0 Å². The lowest BCUT2D eigenvalue weighted by Crippen LogP contribution is -2.26. The van der Waals surface area contributed by atoms with E-state index < -0.39 is 0 Å². The lowest BCUT2D eigenvalue weighted by atomic mass is 10.1. The fraction of sp³-hybridized carbons (Fsp3) is 0.160. The maximum absolute atomic E-state index is 4.97. The van der Waals surface area contributed by atoms with Gasteiger partial charge in [0.2, 0.25) is 0 Å². The van der Waals surface area contributed by atoms with Crippen LogP contribution in [0.1, 0.15) is 18.4 Å². The van der Waals surface area contributed by atoms with Gasteiger partial charge in [-0.25, -0.2) is 4.99 Å². The topological polar surface area (TPSA) is 27.6 Å². The molecule has 1 aliphatic heterocycles. The Bertz CT molecular complexity index is 925. The summed E-state index contributed by atoms with van der Waals surface area (Å²) in [6.45, 7) is 2.10. The average Bonchev–Trinajstić information content (AvgIpc) is 3.30. The fourth-order valence-corrected chi connectivity index (χ4v) is 3.39. The molecule has 0 saturated carbocycles. The fourth-order valence-electron chi connectivity index (χ4n) is 3.39. The third-order valence-corrected chi connectivity index (χ3v) is 4.84. The Labute approximate surface area is 167 Å². The largest absolute Gasteiger partial charge is 0.357 e. The van der Waals surface area contributed by atoms with E-state index in [1.807, 2.05) is 42.5 Å². The predicted octanol–water partition coefficient (Wildman–Crippen LogP) is 5.97. The normalized spacial score (nSPS) is 14.9. The third kappa shape index (κ3) is 4.68. The van der Waals surface area contributed by atoms with Gasteiger partial charge < -0.3 is 10.2 Å². The van der Waals surface area contributed by atoms with Crippen LogP contribution in [-0.2, 0) is 0 Å². The van der Waals surface area contributed by atoms with E-state index in [1.165, 1.54) is 12.8 Å².